The van der Waals surface area contributed by atoms with Crippen molar-refractivity contribution < 1.29 is 0 Å². The van der Waals surface area contributed by atoms with Gasteiger partial charge in [-0.3, -0.25) is 0 Å². The molecule has 0 aromatic carbocycles. The molecule has 19 heavy (non-hydrogen) atoms. The zero-order chi connectivity index (χ0) is 13.5. The van der Waals surface area contributed by atoms with Crippen molar-refractivity contribution in [3.05, 3.63) is 23.8 Å². The Bertz CT molecular complexity index is 304. The summed E-state index contributed by atoms with van der Waals surface area (Å²) in [6.45, 7) is 4.73. The van der Waals surface area contributed by atoms with Crippen LogP contribution in [0.1, 0.15) is 78.1 Å². The van der Waals surface area contributed by atoms with E-state index in [4.69, 9.17) is 0 Å². The molecule has 1 saturated carbocycles. The number of hydrogen-bond acceptors (Lipinski definition) is 0. The van der Waals surface area contributed by atoms with E-state index in [1.165, 1.54) is 64.2 Å². The lowest BCUT2D eigenvalue weighted by molar-refractivity contribution is 0.441. The van der Waals surface area contributed by atoms with Crippen molar-refractivity contribution in [2.75, 3.05) is 0 Å². The summed E-state index contributed by atoms with van der Waals surface area (Å²) in [6.07, 6.45) is 21.7. The van der Waals surface area contributed by atoms with E-state index in [1.54, 1.807) is 5.57 Å². The third-order valence-corrected chi connectivity index (χ3v) is 5.05. The standard InChI is InChI=1S/C19H32/c1-3-4-8-16(2)9-7-10-17-13-14-19(15-17)18-11-5-6-12-18/h13-18H,3-12H2,1-2H3. The van der Waals surface area contributed by atoms with Crippen molar-refractivity contribution in [1.29, 1.82) is 0 Å². The normalized spacial score (nSPS) is 24.9. The van der Waals surface area contributed by atoms with Gasteiger partial charge in [-0.2, -0.15) is 0 Å². The first kappa shape index (κ1) is 14.9. The Hall–Kier alpha value is -0.520. The smallest absolute Gasteiger partial charge is 0.00444 e. The SMILES string of the molecule is CCCCC(C)CCCC1C=CC(C2CCCC2)=C1. The first-order chi connectivity index (χ1) is 9.29. The van der Waals surface area contributed by atoms with Gasteiger partial charge in [-0.05, 0) is 42.6 Å². The van der Waals surface area contributed by atoms with Gasteiger partial charge in [-0.25, -0.2) is 0 Å². The Morgan fingerprint density at radius 1 is 1.16 bits per heavy atom. The maximum absolute atomic E-state index is 2.58. The lowest BCUT2D eigenvalue weighted by atomic mass is 9.94. The van der Waals surface area contributed by atoms with Crippen LogP contribution in [0.2, 0.25) is 0 Å². The van der Waals surface area contributed by atoms with Crippen LogP contribution in [0.25, 0.3) is 0 Å². The van der Waals surface area contributed by atoms with Crippen LogP contribution in [0.15, 0.2) is 23.8 Å². The van der Waals surface area contributed by atoms with Gasteiger partial charge in [0.1, 0.15) is 0 Å². The quantitative estimate of drug-likeness (QED) is 0.481. The van der Waals surface area contributed by atoms with Crippen LogP contribution in [0.5, 0.6) is 0 Å². The molecule has 0 N–H and O–H groups in total. The van der Waals surface area contributed by atoms with E-state index in [0.717, 1.165) is 17.8 Å². The van der Waals surface area contributed by atoms with E-state index in [0.29, 0.717) is 0 Å². The molecule has 0 heteroatoms. The maximum Gasteiger partial charge on any atom is -0.00444 e. The Labute approximate surface area is 120 Å². The molecule has 2 aliphatic rings. The molecule has 0 aromatic heterocycles. The molecular formula is C19H32. The second-order valence-corrected chi connectivity index (χ2v) is 6.85. The third-order valence-electron chi connectivity index (χ3n) is 5.05. The Morgan fingerprint density at radius 2 is 1.89 bits per heavy atom. The lowest BCUT2D eigenvalue weighted by Gasteiger charge is -2.12. The molecule has 0 radical (unpaired) electrons. The zero-order valence-corrected chi connectivity index (χ0v) is 13.0. The first-order valence-electron chi connectivity index (χ1n) is 8.69. The van der Waals surface area contributed by atoms with E-state index >= 15 is 0 Å². The molecule has 0 heterocycles. The molecule has 2 aliphatic carbocycles. The molecule has 0 aromatic rings. The van der Waals surface area contributed by atoms with Gasteiger partial charge >= 0.3 is 0 Å². The Morgan fingerprint density at radius 3 is 2.63 bits per heavy atom. The fraction of sp³-hybridized carbons (Fsp3) is 0.789. The zero-order valence-electron chi connectivity index (χ0n) is 13.0. The summed E-state index contributed by atoms with van der Waals surface area (Å²) >= 11 is 0. The summed E-state index contributed by atoms with van der Waals surface area (Å²) in [5.74, 6) is 2.60. The summed E-state index contributed by atoms with van der Waals surface area (Å²) in [4.78, 5) is 0. The summed E-state index contributed by atoms with van der Waals surface area (Å²) in [5.41, 5.74) is 1.67. The van der Waals surface area contributed by atoms with Crippen LogP contribution < -0.4 is 0 Å². The minimum absolute atomic E-state index is 0.758. The van der Waals surface area contributed by atoms with E-state index in [2.05, 4.69) is 32.1 Å². The van der Waals surface area contributed by atoms with Crippen molar-refractivity contribution in [3.8, 4) is 0 Å². The van der Waals surface area contributed by atoms with Gasteiger partial charge in [0, 0.05) is 0 Å². The molecule has 1 fully saturated rings. The minimum Gasteiger partial charge on any atom is -0.0773 e. The van der Waals surface area contributed by atoms with Gasteiger partial charge < -0.3 is 0 Å². The van der Waals surface area contributed by atoms with Gasteiger partial charge in [0.05, 0.1) is 0 Å². The van der Waals surface area contributed by atoms with E-state index in [-0.39, 0.29) is 0 Å². The van der Waals surface area contributed by atoms with Gasteiger partial charge in [0.2, 0.25) is 0 Å². The molecule has 0 aliphatic heterocycles. The Kier molecular flexibility index (Phi) is 6.20. The van der Waals surface area contributed by atoms with Gasteiger partial charge in [0.25, 0.3) is 0 Å². The minimum atomic E-state index is 0.758. The molecule has 108 valence electrons. The summed E-state index contributed by atoms with van der Waals surface area (Å²) in [7, 11) is 0. The molecule has 2 atom stereocenters. The van der Waals surface area contributed by atoms with Gasteiger partial charge in [0.15, 0.2) is 0 Å². The largest absolute Gasteiger partial charge is 0.0773 e. The third kappa shape index (κ3) is 4.82. The highest BCUT2D eigenvalue weighted by molar-refractivity contribution is 5.31. The highest BCUT2D eigenvalue weighted by Crippen LogP contribution is 2.36. The van der Waals surface area contributed by atoms with Gasteiger partial charge in [-0.15, -0.1) is 0 Å². The molecular weight excluding hydrogens is 228 g/mol. The predicted molar refractivity (Wildman–Crippen MR) is 85.2 cm³/mol. The van der Waals surface area contributed by atoms with E-state index in [1.807, 2.05) is 0 Å². The van der Waals surface area contributed by atoms with E-state index < -0.39 is 0 Å². The van der Waals surface area contributed by atoms with Crippen molar-refractivity contribution in [2.24, 2.45) is 17.8 Å². The summed E-state index contributed by atoms with van der Waals surface area (Å²) < 4.78 is 0. The highest BCUT2D eigenvalue weighted by atomic mass is 14.3. The highest BCUT2D eigenvalue weighted by Gasteiger charge is 2.21. The topological polar surface area (TPSA) is 0 Å². The van der Waals surface area contributed by atoms with Crippen molar-refractivity contribution >= 4 is 0 Å². The average molecular weight is 260 g/mol. The summed E-state index contributed by atoms with van der Waals surface area (Å²) in [6, 6.07) is 0. The van der Waals surface area contributed by atoms with Crippen LogP contribution in [-0.2, 0) is 0 Å². The second-order valence-electron chi connectivity index (χ2n) is 6.85. The summed E-state index contributed by atoms with van der Waals surface area (Å²) in [5, 5.41) is 0. The van der Waals surface area contributed by atoms with Crippen molar-refractivity contribution in [1.82, 2.24) is 0 Å². The molecule has 0 spiro atoms. The first-order valence-corrected chi connectivity index (χ1v) is 8.69. The van der Waals surface area contributed by atoms with Crippen LogP contribution in [-0.4, -0.2) is 0 Å². The average Bonchev–Trinajstić information content (AvgIpc) is 3.06. The molecule has 2 rings (SSSR count). The number of allylic oxidation sites excluding steroid dienone is 4. The molecule has 2 unspecified atom stereocenters. The number of hydrogen-bond donors (Lipinski definition) is 0. The van der Waals surface area contributed by atoms with Crippen molar-refractivity contribution in [2.45, 2.75) is 78.1 Å². The number of rotatable bonds is 8. The molecule has 0 bridgehead atoms. The van der Waals surface area contributed by atoms with Crippen LogP contribution in [0.4, 0.5) is 0 Å². The molecule has 0 saturated heterocycles. The predicted octanol–water partition coefficient (Wildman–Crippen LogP) is 6.29. The fourth-order valence-electron chi connectivity index (χ4n) is 3.70. The molecule has 0 nitrogen and oxygen atoms in total. The maximum atomic E-state index is 2.58. The fourth-order valence-corrected chi connectivity index (χ4v) is 3.70. The Balaban J connectivity index is 1.63. The number of unbranched alkanes of at least 4 members (excludes halogenated alkanes) is 1. The van der Waals surface area contributed by atoms with Crippen LogP contribution in [0.3, 0.4) is 0 Å². The van der Waals surface area contributed by atoms with Crippen molar-refractivity contribution in [3.63, 3.8) is 0 Å². The molecule has 0 amide bonds. The monoisotopic (exact) mass is 260 g/mol. The van der Waals surface area contributed by atoms with E-state index in [9.17, 15) is 0 Å². The van der Waals surface area contributed by atoms with Crippen LogP contribution >= 0.6 is 0 Å². The van der Waals surface area contributed by atoms with Gasteiger partial charge in [-0.1, -0.05) is 77.0 Å². The second kappa shape index (κ2) is 7.92. The lowest BCUT2D eigenvalue weighted by Crippen LogP contribution is -1.98. The van der Waals surface area contributed by atoms with Crippen LogP contribution in [0, 0.1) is 17.8 Å².